The van der Waals surface area contributed by atoms with Crippen molar-refractivity contribution in [3.8, 4) is 5.69 Å². The van der Waals surface area contributed by atoms with Crippen LogP contribution in [0.2, 0.25) is 0 Å². The smallest absolute Gasteiger partial charge is 0.148 e. The molecule has 4 heteroatoms. The fourth-order valence-corrected chi connectivity index (χ4v) is 2.13. The molecule has 1 unspecified atom stereocenters. The van der Waals surface area contributed by atoms with Gasteiger partial charge in [-0.05, 0) is 51.3 Å². The van der Waals surface area contributed by atoms with E-state index in [2.05, 4.69) is 35.2 Å². The highest BCUT2D eigenvalue weighted by Crippen LogP contribution is 2.17. The van der Waals surface area contributed by atoms with E-state index in [0.29, 0.717) is 0 Å². The molecule has 0 aliphatic carbocycles. The van der Waals surface area contributed by atoms with Crippen LogP contribution in [0.1, 0.15) is 29.7 Å². The van der Waals surface area contributed by atoms with Crippen LogP contribution in [0.15, 0.2) is 18.2 Å². The van der Waals surface area contributed by atoms with Gasteiger partial charge in [-0.3, -0.25) is 0 Å². The summed E-state index contributed by atoms with van der Waals surface area (Å²) in [6, 6.07) is 6.56. The summed E-state index contributed by atoms with van der Waals surface area (Å²) >= 11 is 0. The molecular formula is C14H20N4. The van der Waals surface area contributed by atoms with Gasteiger partial charge in [0, 0.05) is 6.04 Å². The largest absolute Gasteiger partial charge is 0.328 e. The van der Waals surface area contributed by atoms with E-state index in [1.165, 1.54) is 11.1 Å². The molecule has 2 aromatic rings. The summed E-state index contributed by atoms with van der Waals surface area (Å²) in [5, 5.41) is 4.44. The predicted octanol–water partition coefficient (Wildman–Crippen LogP) is 2.08. The standard InChI is InChI=1S/C14H20N4/c1-9-5-6-13(7-10(2)15)8-14(9)18-12(4)16-11(3)17-18/h5-6,8,10H,7,15H2,1-4H3. The number of aryl methyl sites for hydroxylation is 3. The Bertz CT molecular complexity index is 555. The van der Waals surface area contributed by atoms with Crippen molar-refractivity contribution in [3.05, 3.63) is 41.0 Å². The molecule has 96 valence electrons. The molecule has 0 aliphatic rings. The number of hydrogen-bond acceptors (Lipinski definition) is 3. The lowest BCUT2D eigenvalue weighted by molar-refractivity contribution is 0.735. The van der Waals surface area contributed by atoms with Crippen molar-refractivity contribution in [2.45, 2.75) is 40.2 Å². The molecule has 0 radical (unpaired) electrons. The molecule has 1 aromatic heterocycles. The van der Waals surface area contributed by atoms with Crippen molar-refractivity contribution in [2.75, 3.05) is 0 Å². The van der Waals surface area contributed by atoms with Gasteiger partial charge in [0.2, 0.25) is 0 Å². The SMILES string of the molecule is Cc1nc(C)n(-c2cc(CC(C)N)ccc2C)n1. The van der Waals surface area contributed by atoms with E-state index >= 15 is 0 Å². The van der Waals surface area contributed by atoms with Gasteiger partial charge in [-0.15, -0.1) is 0 Å². The maximum atomic E-state index is 5.85. The molecular weight excluding hydrogens is 224 g/mol. The van der Waals surface area contributed by atoms with Gasteiger partial charge >= 0.3 is 0 Å². The van der Waals surface area contributed by atoms with Gasteiger partial charge in [0.25, 0.3) is 0 Å². The summed E-state index contributed by atoms with van der Waals surface area (Å²) in [5.74, 6) is 1.71. The minimum absolute atomic E-state index is 0.166. The van der Waals surface area contributed by atoms with Crippen molar-refractivity contribution in [1.82, 2.24) is 14.8 Å². The van der Waals surface area contributed by atoms with Crippen LogP contribution in [0.5, 0.6) is 0 Å². The zero-order valence-corrected chi connectivity index (χ0v) is 11.4. The van der Waals surface area contributed by atoms with E-state index in [1.54, 1.807) is 0 Å². The molecule has 1 aromatic carbocycles. The van der Waals surface area contributed by atoms with Crippen LogP contribution in [0.4, 0.5) is 0 Å². The maximum Gasteiger partial charge on any atom is 0.148 e. The fraction of sp³-hybridized carbons (Fsp3) is 0.429. The van der Waals surface area contributed by atoms with Gasteiger partial charge in [-0.2, -0.15) is 5.10 Å². The summed E-state index contributed by atoms with van der Waals surface area (Å²) in [4.78, 5) is 4.35. The predicted molar refractivity (Wildman–Crippen MR) is 72.9 cm³/mol. The highest BCUT2D eigenvalue weighted by atomic mass is 15.3. The monoisotopic (exact) mass is 244 g/mol. The third-order valence-corrected chi connectivity index (χ3v) is 2.93. The lowest BCUT2D eigenvalue weighted by Crippen LogP contribution is -2.18. The number of rotatable bonds is 3. The van der Waals surface area contributed by atoms with Crippen molar-refractivity contribution < 1.29 is 0 Å². The first-order valence-electron chi connectivity index (χ1n) is 6.23. The summed E-state index contributed by atoms with van der Waals surface area (Å²) in [6.45, 7) is 7.98. The lowest BCUT2D eigenvalue weighted by Gasteiger charge is -2.11. The van der Waals surface area contributed by atoms with Crippen LogP contribution in [-0.2, 0) is 6.42 Å². The van der Waals surface area contributed by atoms with Crippen LogP contribution in [0.3, 0.4) is 0 Å². The number of nitrogens with zero attached hydrogens (tertiary/aromatic N) is 3. The first-order chi connectivity index (χ1) is 8.47. The van der Waals surface area contributed by atoms with Gasteiger partial charge < -0.3 is 5.73 Å². The van der Waals surface area contributed by atoms with Crippen LogP contribution in [0, 0.1) is 20.8 Å². The average Bonchev–Trinajstić information content (AvgIpc) is 2.60. The van der Waals surface area contributed by atoms with E-state index in [1.807, 2.05) is 25.5 Å². The molecule has 0 spiro atoms. The van der Waals surface area contributed by atoms with Crippen LogP contribution in [-0.4, -0.2) is 20.8 Å². The minimum Gasteiger partial charge on any atom is -0.328 e. The Balaban J connectivity index is 2.46. The highest BCUT2D eigenvalue weighted by Gasteiger charge is 2.09. The molecule has 2 N–H and O–H groups in total. The van der Waals surface area contributed by atoms with Gasteiger partial charge in [0.1, 0.15) is 11.6 Å². The average molecular weight is 244 g/mol. The lowest BCUT2D eigenvalue weighted by atomic mass is 10.0. The molecule has 2 rings (SSSR count). The first kappa shape index (κ1) is 12.8. The van der Waals surface area contributed by atoms with Crippen LogP contribution >= 0.6 is 0 Å². The van der Waals surface area contributed by atoms with Crippen LogP contribution < -0.4 is 5.73 Å². The number of nitrogens with two attached hydrogens (primary N) is 1. The molecule has 0 fully saturated rings. The summed E-state index contributed by atoms with van der Waals surface area (Å²) in [5.41, 5.74) is 9.37. The number of aromatic nitrogens is 3. The zero-order valence-electron chi connectivity index (χ0n) is 11.4. The van der Waals surface area contributed by atoms with Crippen molar-refractivity contribution in [2.24, 2.45) is 5.73 Å². The second kappa shape index (κ2) is 4.90. The number of benzene rings is 1. The van der Waals surface area contributed by atoms with Crippen LogP contribution in [0.25, 0.3) is 5.69 Å². The minimum atomic E-state index is 0.166. The Labute approximate surface area is 108 Å². The van der Waals surface area contributed by atoms with E-state index in [0.717, 1.165) is 23.8 Å². The van der Waals surface area contributed by atoms with Crippen molar-refractivity contribution in [3.63, 3.8) is 0 Å². The van der Waals surface area contributed by atoms with Gasteiger partial charge in [0.05, 0.1) is 5.69 Å². The van der Waals surface area contributed by atoms with E-state index in [-0.39, 0.29) is 6.04 Å². The van der Waals surface area contributed by atoms with E-state index in [9.17, 15) is 0 Å². The Morgan fingerprint density at radius 3 is 2.56 bits per heavy atom. The summed E-state index contributed by atoms with van der Waals surface area (Å²) < 4.78 is 1.90. The molecule has 1 atom stereocenters. The van der Waals surface area contributed by atoms with Gasteiger partial charge in [-0.25, -0.2) is 9.67 Å². The molecule has 0 aliphatic heterocycles. The Kier molecular flexibility index (Phi) is 3.48. The molecule has 0 amide bonds. The quantitative estimate of drug-likeness (QED) is 0.899. The number of hydrogen-bond donors (Lipinski definition) is 1. The zero-order chi connectivity index (χ0) is 13.3. The van der Waals surface area contributed by atoms with Crippen molar-refractivity contribution >= 4 is 0 Å². The Morgan fingerprint density at radius 1 is 1.28 bits per heavy atom. The molecule has 0 saturated carbocycles. The topological polar surface area (TPSA) is 56.7 Å². The van der Waals surface area contributed by atoms with Crippen molar-refractivity contribution in [1.29, 1.82) is 0 Å². The molecule has 18 heavy (non-hydrogen) atoms. The third-order valence-electron chi connectivity index (χ3n) is 2.93. The Morgan fingerprint density at radius 2 is 2.00 bits per heavy atom. The fourth-order valence-electron chi connectivity index (χ4n) is 2.13. The second-order valence-electron chi connectivity index (χ2n) is 4.92. The summed E-state index contributed by atoms with van der Waals surface area (Å²) in [6.07, 6.45) is 0.875. The third kappa shape index (κ3) is 2.59. The molecule has 4 nitrogen and oxygen atoms in total. The highest BCUT2D eigenvalue weighted by molar-refractivity contribution is 5.43. The first-order valence-corrected chi connectivity index (χ1v) is 6.23. The molecule has 1 heterocycles. The van der Waals surface area contributed by atoms with Gasteiger partial charge in [0.15, 0.2) is 0 Å². The normalized spacial score (nSPS) is 12.7. The van der Waals surface area contributed by atoms with E-state index < -0.39 is 0 Å². The van der Waals surface area contributed by atoms with Gasteiger partial charge in [-0.1, -0.05) is 12.1 Å². The Hall–Kier alpha value is -1.68. The molecule has 0 bridgehead atoms. The van der Waals surface area contributed by atoms with E-state index in [4.69, 9.17) is 5.73 Å². The second-order valence-corrected chi connectivity index (χ2v) is 4.92. The summed E-state index contributed by atoms with van der Waals surface area (Å²) in [7, 11) is 0. The maximum absolute atomic E-state index is 5.85. The molecule has 0 saturated heterocycles.